The van der Waals surface area contributed by atoms with Gasteiger partial charge in [0.1, 0.15) is 9.84 Å². The Labute approximate surface area is 97.3 Å². The van der Waals surface area contributed by atoms with E-state index in [9.17, 15) is 8.42 Å². The van der Waals surface area contributed by atoms with Gasteiger partial charge in [0.25, 0.3) is 0 Å². The second-order valence-electron chi connectivity index (χ2n) is 5.46. The van der Waals surface area contributed by atoms with E-state index in [-0.39, 0.29) is 5.41 Å². The highest BCUT2D eigenvalue weighted by Crippen LogP contribution is 2.58. The summed E-state index contributed by atoms with van der Waals surface area (Å²) in [6.45, 7) is 0. The van der Waals surface area contributed by atoms with Crippen molar-refractivity contribution in [2.24, 2.45) is 17.3 Å². The highest BCUT2D eigenvalue weighted by atomic mass is 35.5. The van der Waals surface area contributed by atoms with Crippen LogP contribution >= 0.6 is 11.6 Å². The van der Waals surface area contributed by atoms with Crippen molar-refractivity contribution in [3.63, 3.8) is 0 Å². The highest BCUT2D eigenvalue weighted by Gasteiger charge is 2.50. The molecular weight excluding hydrogens is 232 g/mol. The quantitative estimate of drug-likeness (QED) is 0.719. The number of hydrogen-bond acceptors (Lipinski definition) is 2. The van der Waals surface area contributed by atoms with E-state index in [2.05, 4.69) is 0 Å². The zero-order valence-electron chi connectivity index (χ0n) is 9.21. The molecule has 88 valence electrons. The zero-order valence-corrected chi connectivity index (χ0v) is 10.8. The summed E-state index contributed by atoms with van der Waals surface area (Å²) < 4.78 is 22.4. The molecule has 2 fully saturated rings. The van der Waals surface area contributed by atoms with Crippen LogP contribution in [0.15, 0.2) is 0 Å². The molecule has 0 radical (unpaired) electrons. The molecule has 2 saturated carbocycles. The van der Waals surface area contributed by atoms with E-state index < -0.39 is 9.84 Å². The van der Waals surface area contributed by atoms with E-state index in [0.29, 0.717) is 17.6 Å². The largest absolute Gasteiger partial charge is 0.229 e. The Morgan fingerprint density at radius 2 is 2.13 bits per heavy atom. The standard InChI is InChI=1S/C11H19ClO2S/c1-15(13,14)5-4-11(8-12)7-9-2-3-10(11)6-9/h9-10H,2-8H2,1H3. The molecule has 4 heteroatoms. The third kappa shape index (κ3) is 2.33. The summed E-state index contributed by atoms with van der Waals surface area (Å²) in [5, 5.41) is 0. The van der Waals surface area contributed by atoms with Crippen molar-refractivity contribution in [2.75, 3.05) is 17.9 Å². The molecule has 2 nitrogen and oxygen atoms in total. The van der Waals surface area contributed by atoms with E-state index in [4.69, 9.17) is 11.6 Å². The minimum Gasteiger partial charge on any atom is -0.229 e. The normalized spacial score (nSPS) is 39.9. The van der Waals surface area contributed by atoms with Gasteiger partial charge in [0.15, 0.2) is 0 Å². The molecule has 0 aromatic rings. The third-order valence-corrected chi connectivity index (χ3v) is 5.82. The Hall–Kier alpha value is 0.240. The number of sulfone groups is 1. The van der Waals surface area contributed by atoms with Crippen LogP contribution < -0.4 is 0 Å². The van der Waals surface area contributed by atoms with Gasteiger partial charge in [-0.05, 0) is 42.9 Å². The van der Waals surface area contributed by atoms with Crippen LogP contribution in [-0.4, -0.2) is 26.3 Å². The first kappa shape index (κ1) is 11.7. The molecule has 3 atom stereocenters. The molecule has 0 amide bonds. The van der Waals surface area contributed by atoms with Crippen molar-refractivity contribution < 1.29 is 8.42 Å². The monoisotopic (exact) mass is 250 g/mol. The van der Waals surface area contributed by atoms with Gasteiger partial charge in [-0.25, -0.2) is 8.42 Å². The maximum Gasteiger partial charge on any atom is 0.147 e. The predicted molar refractivity (Wildman–Crippen MR) is 62.9 cm³/mol. The molecule has 3 unspecified atom stereocenters. The fourth-order valence-electron chi connectivity index (χ4n) is 3.48. The van der Waals surface area contributed by atoms with E-state index in [0.717, 1.165) is 18.8 Å². The van der Waals surface area contributed by atoms with Gasteiger partial charge < -0.3 is 0 Å². The van der Waals surface area contributed by atoms with Crippen LogP contribution in [0.2, 0.25) is 0 Å². The average molecular weight is 251 g/mol. The highest BCUT2D eigenvalue weighted by molar-refractivity contribution is 7.90. The van der Waals surface area contributed by atoms with Gasteiger partial charge >= 0.3 is 0 Å². The van der Waals surface area contributed by atoms with Crippen molar-refractivity contribution in [3.05, 3.63) is 0 Å². The van der Waals surface area contributed by atoms with Gasteiger partial charge in [0.2, 0.25) is 0 Å². The van der Waals surface area contributed by atoms with Crippen molar-refractivity contribution in [1.29, 1.82) is 0 Å². The summed E-state index contributed by atoms with van der Waals surface area (Å²) in [7, 11) is -2.84. The maximum atomic E-state index is 11.2. The molecule has 0 aromatic heterocycles. The fraction of sp³-hybridized carbons (Fsp3) is 1.00. The lowest BCUT2D eigenvalue weighted by molar-refractivity contribution is 0.187. The van der Waals surface area contributed by atoms with Gasteiger partial charge in [0, 0.05) is 12.1 Å². The van der Waals surface area contributed by atoms with Crippen LogP contribution in [0.5, 0.6) is 0 Å². The number of alkyl halides is 1. The summed E-state index contributed by atoms with van der Waals surface area (Å²) in [5.41, 5.74) is 0.146. The summed E-state index contributed by atoms with van der Waals surface area (Å²) >= 11 is 6.09. The molecule has 2 rings (SSSR count). The Balaban J connectivity index is 2.04. The Kier molecular flexibility index (Phi) is 3.06. The Bertz CT molecular complexity index is 338. The zero-order chi connectivity index (χ0) is 11.1. The van der Waals surface area contributed by atoms with Gasteiger partial charge in [-0.1, -0.05) is 6.42 Å². The van der Waals surface area contributed by atoms with Gasteiger partial charge in [-0.15, -0.1) is 11.6 Å². The Morgan fingerprint density at radius 3 is 2.53 bits per heavy atom. The first-order chi connectivity index (χ1) is 6.95. The smallest absolute Gasteiger partial charge is 0.147 e. The SMILES string of the molecule is CS(=O)(=O)CCC1(CCl)CC2CCC1C2. The molecule has 0 aliphatic heterocycles. The summed E-state index contributed by atoms with van der Waals surface area (Å²) in [4.78, 5) is 0. The van der Waals surface area contributed by atoms with Crippen LogP contribution in [0.4, 0.5) is 0 Å². The van der Waals surface area contributed by atoms with Crippen LogP contribution in [0.3, 0.4) is 0 Å². The fourth-order valence-corrected chi connectivity index (χ4v) is 4.72. The Morgan fingerprint density at radius 1 is 1.40 bits per heavy atom. The molecule has 0 aromatic carbocycles. The molecule has 2 aliphatic rings. The summed E-state index contributed by atoms with van der Waals surface area (Å²) in [6.07, 6.45) is 7.15. The third-order valence-electron chi connectivity index (χ3n) is 4.34. The van der Waals surface area contributed by atoms with Crippen LogP contribution in [-0.2, 0) is 9.84 Å². The van der Waals surface area contributed by atoms with E-state index in [1.165, 1.54) is 25.5 Å². The van der Waals surface area contributed by atoms with E-state index in [1.807, 2.05) is 0 Å². The minimum atomic E-state index is -2.84. The average Bonchev–Trinajstić information content (AvgIpc) is 2.73. The van der Waals surface area contributed by atoms with E-state index >= 15 is 0 Å². The van der Waals surface area contributed by atoms with Crippen LogP contribution in [0, 0.1) is 17.3 Å². The van der Waals surface area contributed by atoms with Crippen molar-refractivity contribution in [2.45, 2.75) is 32.1 Å². The van der Waals surface area contributed by atoms with Crippen LogP contribution in [0.1, 0.15) is 32.1 Å². The molecule has 0 saturated heterocycles. The first-order valence-corrected chi connectivity index (χ1v) is 8.28. The number of fused-ring (bicyclic) bond motifs is 2. The summed E-state index contributed by atoms with van der Waals surface area (Å²) in [6, 6.07) is 0. The lowest BCUT2D eigenvalue weighted by atomic mass is 9.73. The lowest BCUT2D eigenvalue weighted by Crippen LogP contribution is -2.32. The molecule has 0 spiro atoms. The molecule has 15 heavy (non-hydrogen) atoms. The van der Waals surface area contributed by atoms with Crippen molar-refractivity contribution >= 4 is 21.4 Å². The number of halogens is 1. The molecule has 0 heterocycles. The minimum absolute atomic E-state index is 0.146. The number of rotatable bonds is 4. The van der Waals surface area contributed by atoms with Crippen LogP contribution in [0.25, 0.3) is 0 Å². The maximum absolute atomic E-state index is 11.2. The lowest BCUT2D eigenvalue weighted by Gasteiger charge is -2.35. The molecule has 2 bridgehead atoms. The predicted octanol–water partition coefficient (Wildman–Crippen LogP) is 2.47. The van der Waals surface area contributed by atoms with Gasteiger partial charge in [-0.3, -0.25) is 0 Å². The topological polar surface area (TPSA) is 34.1 Å². The first-order valence-electron chi connectivity index (χ1n) is 5.69. The molecule has 2 aliphatic carbocycles. The summed E-state index contributed by atoms with van der Waals surface area (Å²) in [5.74, 6) is 2.47. The van der Waals surface area contributed by atoms with E-state index in [1.54, 1.807) is 0 Å². The number of hydrogen-bond donors (Lipinski definition) is 0. The van der Waals surface area contributed by atoms with Crippen molar-refractivity contribution in [3.8, 4) is 0 Å². The second kappa shape index (κ2) is 3.92. The molecule has 0 N–H and O–H groups in total. The van der Waals surface area contributed by atoms with Gasteiger partial charge in [-0.2, -0.15) is 0 Å². The second-order valence-corrected chi connectivity index (χ2v) is 7.98. The van der Waals surface area contributed by atoms with Crippen molar-refractivity contribution in [1.82, 2.24) is 0 Å². The molecular formula is C11H19ClO2S. The van der Waals surface area contributed by atoms with Gasteiger partial charge in [0.05, 0.1) is 5.75 Å².